The van der Waals surface area contributed by atoms with Gasteiger partial charge < -0.3 is 4.90 Å². The van der Waals surface area contributed by atoms with Gasteiger partial charge in [0.05, 0.1) is 23.3 Å². The minimum absolute atomic E-state index is 0.00511. The van der Waals surface area contributed by atoms with E-state index in [9.17, 15) is 17.6 Å². The Labute approximate surface area is 151 Å². The molecule has 4 nitrogen and oxygen atoms in total. The van der Waals surface area contributed by atoms with E-state index in [1.165, 1.54) is 23.9 Å². The van der Waals surface area contributed by atoms with Crippen molar-refractivity contribution in [3.05, 3.63) is 60.4 Å². The van der Waals surface area contributed by atoms with Gasteiger partial charge in [0.2, 0.25) is 5.91 Å². The zero-order valence-electron chi connectivity index (χ0n) is 13.5. The third kappa shape index (κ3) is 4.61. The molecule has 1 amide bonds. The van der Waals surface area contributed by atoms with Crippen LogP contribution < -0.4 is 4.90 Å². The molecule has 0 aliphatic carbocycles. The Morgan fingerprint density at radius 3 is 2.40 bits per heavy atom. The maximum atomic E-state index is 13.0. The number of anilines is 1. The fraction of sp³-hybridized carbons (Fsp3) is 0.278. The van der Waals surface area contributed by atoms with E-state index in [2.05, 4.69) is 0 Å². The second-order valence-corrected chi connectivity index (χ2v) is 9.18. The number of amides is 1. The molecule has 1 saturated heterocycles. The van der Waals surface area contributed by atoms with E-state index >= 15 is 0 Å². The number of rotatable bonds is 5. The highest BCUT2D eigenvalue weighted by atomic mass is 32.2. The summed E-state index contributed by atoms with van der Waals surface area (Å²) in [7, 11) is -3.10. The lowest BCUT2D eigenvalue weighted by molar-refractivity contribution is -0.116. The van der Waals surface area contributed by atoms with Gasteiger partial charge in [-0.05, 0) is 42.8 Å². The summed E-state index contributed by atoms with van der Waals surface area (Å²) in [6.07, 6.45) is 0.449. The van der Waals surface area contributed by atoms with Crippen LogP contribution >= 0.6 is 11.8 Å². The van der Waals surface area contributed by atoms with E-state index in [0.29, 0.717) is 12.1 Å². The average molecular weight is 379 g/mol. The maximum Gasteiger partial charge on any atom is 0.237 e. The summed E-state index contributed by atoms with van der Waals surface area (Å²) < 4.78 is 36.6. The molecule has 1 aliphatic heterocycles. The second kappa shape index (κ2) is 7.58. The van der Waals surface area contributed by atoms with Gasteiger partial charge in [-0.3, -0.25) is 4.79 Å². The smallest absolute Gasteiger partial charge is 0.237 e. The van der Waals surface area contributed by atoms with E-state index in [-0.39, 0.29) is 35.0 Å². The fourth-order valence-electron chi connectivity index (χ4n) is 2.87. The number of nitrogens with zero attached hydrogens (tertiary/aromatic N) is 1. The standard InChI is InChI=1S/C18H18FNO3S2/c19-14-6-8-17(9-7-14)24-12-18(21)20(15-4-2-1-3-5-15)16-10-11-25(22,23)13-16/h1-9,16H,10-13H2/t16-/m1/s1. The molecule has 3 rings (SSSR count). The van der Waals surface area contributed by atoms with Crippen molar-refractivity contribution in [2.45, 2.75) is 17.4 Å². The molecule has 1 atom stereocenters. The predicted molar refractivity (Wildman–Crippen MR) is 98.1 cm³/mol. The summed E-state index contributed by atoms with van der Waals surface area (Å²) in [5, 5.41) is 0. The van der Waals surface area contributed by atoms with Crippen LogP contribution in [-0.2, 0) is 14.6 Å². The molecular formula is C18H18FNO3S2. The van der Waals surface area contributed by atoms with Gasteiger partial charge in [0.15, 0.2) is 9.84 Å². The highest BCUT2D eigenvalue weighted by molar-refractivity contribution is 8.00. The Kier molecular flexibility index (Phi) is 5.44. The lowest BCUT2D eigenvalue weighted by Crippen LogP contribution is -2.42. The lowest BCUT2D eigenvalue weighted by atomic mass is 10.2. The van der Waals surface area contributed by atoms with Crippen LogP contribution in [0.4, 0.5) is 10.1 Å². The number of thioether (sulfide) groups is 1. The zero-order chi connectivity index (χ0) is 17.9. The average Bonchev–Trinajstić information content (AvgIpc) is 2.95. The summed E-state index contributed by atoms with van der Waals surface area (Å²) in [5.41, 5.74) is 0.703. The summed E-state index contributed by atoms with van der Waals surface area (Å²) in [5.74, 6) is -0.203. The molecular weight excluding hydrogens is 361 g/mol. The topological polar surface area (TPSA) is 54.5 Å². The monoisotopic (exact) mass is 379 g/mol. The van der Waals surface area contributed by atoms with Gasteiger partial charge in [-0.25, -0.2) is 12.8 Å². The SMILES string of the molecule is O=C(CSc1ccc(F)cc1)N(c1ccccc1)[C@@H]1CCS(=O)(=O)C1. The number of para-hydroxylation sites is 1. The van der Waals surface area contributed by atoms with Crippen LogP contribution in [0.2, 0.25) is 0 Å². The first-order chi connectivity index (χ1) is 11.9. The number of sulfone groups is 1. The van der Waals surface area contributed by atoms with Crippen molar-refractivity contribution >= 4 is 33.2 Å². The first-order valence-electron chi connectivity index (χ1n) is 7.90. The van der Waals surface area contributed by atoms with E-state index in [1.807, 2.05) is 30.3 Å². The Balaban J connectivity index is 1.76. The number of carbonyl (C=O) groups excluding carboxylic acids is 1. The summed E-state index contributed by atoms with van der Waals surface area (Å²) >= 11 is 1.31. The molecule has 1 fully saturated rings. The second-order valence-electron chi connectivity index (χ2n) is 5.90. The van der Waals surface area contributed by atoms with E-state index < -0.39 is 9.84 Å². The summed E-state index contributed by atoms with van der Waals surface area (Å²) in [6, 6.07) is 14.7. The Hall–Kier alpha value is -1.86. The molecule has 0 unspecified atom stereocenters. The molecule has 1 aliphatic rings. The van der Waals surface area contributed by atoms with Crippen molar-refractivity contribution in [2.75, 3.05) is 22.2 Å². The number of benzene rings is 2. The largest absolute Gasteiger partial charge is 0.308 e. The molecule has 2 aromatic rings. The molecule has 2 aromatic carbocycles. The molecule has 0 aromatic heterocycles. The van der Waals surface area contributed by atoms with Crippen LogP contribution in [0.3, 0.4) is 0 Å². The van der Waals surface area contributed by atoms with Crippen molar-refractivity contribution in [1.82, 2.24) is 0 Å². The summed E-state index contributed by atoms with van der Waals surface area (Å²) in [4.78, 5) is 15.2. The van der Waals surface area contributed by atoms with Gasteiger partial charge in [-0.2, -0.15) is 0 Å². The third-order valence-corrected chi connectivity index (χ3v) is 6.80. The van der Waals surface area contributed by atoms with Crippen LogP contribution in [0, 0.1) is 5.82 Å². The Morgan fingerprint density at radius 2 is 1.80 bits per heavy atom. The van der Waals surface area contributed by atoms with Crippen LogP contribution in [0.1, 0.15) is 6.42 Å². The zero-order valence-corrected chi connectivity index (χ0v) is 15.1. The maximum absolute atomic E-state index is 13.0. The van der Waals surface area contributed by atoms with Gasteiger partial charge >= 0.3 is 0 Å². The number of halogens is 1. The minimum atomic E-state index is -3.10. The van der Waals surface area contributed by atoms with Crippen molar-refractivity contribution in [3.8, 4) is 0 Å². The van der Waals surface area contributed by atoms with Crippen LogP contribution in [-0.4, -0.2) is 37.6 Å². The van der Waals surface area contributed by atoms with Gasteiger partial charge in [0.1, 0.15) is 5.82 Å². The van der Waals surface area contributed by atoms with E-state index in [1.54, 1.807) is 17.0 Å². The molecule has 1 heterocycles. The van der Waals surface area contributed by atoms with Crippen LogP contribution in [0.25, 0.3) is 0 Å². The summed E-state index contributed by atoms with van der Waals surface area (Å²) in [6.45, 7) is 0. The molecule has 0 N–H and O–H groups in total. The van der Waals surface area contributed by atoms with Crippen LogP contribution in [0.5, 0.6) is 0 Å². The van der Waals surface area contributed by atoms with Gasteiger partial charge in [0.25, 0.3) is 0 Å². The minimum Gasteiger partial charge on any atom is -0.308 e. The van der Waals surface area contributed by atoms with Crippen LogP contribution in [0.15, 0.2) is 59.5 Å². The van der Waals surface area contributed by atoms with Crippen molar-refractivity contribution in [3.63, 3.8) is 0 Å². The first kappa shape index (κ1) is 17.9. The van der Waals surface area contributed by atoms with Crippen molar-refractivity contribution < 1.29 is 17.6 Å². The Bertz CT molecular complexity index is 838. The first-order valence-corrected chi connectivity index (χ1v) is 10.7. The number of carbonyl (C=O) groups is 1. The molecule has 0 bridgehead atoms. The van der Waals surface area contributed by atoms with Crippen molar-refractivity contribution in [2.24, 2.45) is 0 Å². The van der Waals surface area contributed by atoms with E-state index in [0.717, 1.165) is 4.90 Å². The Morgan fingerprint density at radius 1 is 1.12 bits per heavy atom. The molecule has 132 valence electrons. The lowest BCUT2D eigenvalue weighted by Gasteiger charge is -2.28. The molecule has 25 heavy (non-hydrogen) atoms. The van der Waals surface area contributed by atoms with Gasteiger partial charge in [0, 0.05) is 10.6 Å². The number of hydrogen-bond acceptors (Lipinski definition) is 4. The molecule has 7 heteroatoms. The third-order valence-electron chi connectivity index (χ3n) is 4.05. The van der Waals surface area contributed by atoms with Crippen molar-refractivity contribution in [1.29, 1.82) is 0 Å². The predicted octanol–water partition coefficient (Wildman–Crippen LogP) is 3.14. The fourth-order valence-corrected chi connectivity index (χ4v) is 5.33. The molecule has 0 saturated carbocycles. The highest BCUT2D eigenvalue weighted by Gasteiger charge is 2.35. The van der Waals surface area contributed by atoms with Gasteiger partial charge in [-0.1, -0.05) is 18.2 Å². The molecule has 0 spiro atoms. The van der Waals surface area contributed by atoms with E-state index in [4.69, 9.17) is 0 Å². The number of hydrogen-bond donors (Lipinski definition) is 0. The highest BCUT2D eigenvalue weighted by Crippen LogP contribution is 2.27. The quantitative estimate of drug-likeness (QED) is 0.749. The van der Waals surface area contributed by atoms with Gasteiger partial charge in [-0.15, -0.1) is 11.8 Å². The normalized spacial score (nSPS) is 18.8. The molecule has 0 radical (unpaired) electrons.